The zero-order valence-corrected chi connectivity index (χ0v) is 16.8. The van der Waals surface area contributed by atoms with E-state index >= 15 is 0 Å². The summed E-state index contributed by atoms with van der Waals surface area (Å²) in [6.07, 6.45) is -3.96. The van der Waals surface area contributed by atoms with Crippen LogP contribution in [0.5, 0.6) is 0 Å². The molecule has 2 heterocycles. The molecule has 0 aromatic heterocycles. The summed E-state index contributed by atoms with van der Waals surface area (Å²) in [6.45, 7) is 0.440. The minimum Gasteiger partial charge on any atom is -0.366 e. The molecule has 0 aliphatic carbocycles. The average molecular weight is 448 g/mol. The first-order valence-electron chi connectivity index (χ1n) is 9.96. The number of nitro benzene ring substituents is 1. The molecule has 4 rings (SSSR count). The number of alkyl halides is 3. The van der Waals surface area contributed by atoms with Crippen LogP contribution in [0.3, 0.4) is 0 Å². The molecule has 1 saturated heterocycles. The number of piperidine rings is 1. The molecule has 2 aromatic carbocycles. The van der Waals surface area contributed by atoms with Crippen molar-refractivity contribution in [1.29, 1.82) is 0 Å². The molecule has 1 fully saturated rings. The second-order valence-corrected chi connectivity index (χ2v) is 7.71. The van der Waals surface area contributed by atoms with Crippen LogP contribution >= 0.6 is 0 Å². The zero-order chi connectivity index (χ0) is 23.0. The Bertz CT molecular complexity index is 1080. The molecule has 2 amide bonds. The third-order valence-corrected chi connectivity index (χ3v) is 5.72. The second-order valence-electron chi connectivity index (χ2n) is 7.71. The summed E-state index contributed by atoms with van der Waals surface area (Å²) >= 11 is 0. The Morgan fingerprint density at radius 1 is 1.09 bits per heavy atom. The lowest BCUT2D eigenvalue weighted by atomic mass is 9.94. The van der Waals surface area contributed by atoms with Crippen LogP contribution in [0.25, 0.3) is 0 Å². The molecule has 2 aromatic rings. The number of hydrogen-bond acceptors (Lipinski definition) is 5. The summed E-state index contributed by atoms with van der Waals surface area (Å²) in [5.41, 5.74) is -0.448. The van der Waals surface area contributed by atoms with E-state index in [9.17, 15) is 32.9 Å². The van der Waals surface area contributed by atoms with Crippen LogP contribution in [0, 0.1) is 16.0 Å². The largest absolute Gasteiger partial charge is 0.416 e. The molecule has 0 spiro atoms. The van der Waals surface area contributed by atoms with Crippen LogP contribution in [-0.2, 0) is 15.8 Å². The van der Waals surface area contributed by atoms with E-state index in [0.29, 0.717) is 30.3 Å². The number of halogens is 3. The van der Waals surface area contributed by atoms with Crippen LogP contribution < -0.4 is 15.1 Å². The van der Waals surface area contributed by atoms with Gasteiger partial charge in [-0.1, -0.05) is 12.1 Å². The third-order valence-electron chi connectivity index (χ3n) is 5.72. The normalized spacial score (nSPS) is 17.0. The van der Waals surface area contributed by atoms with Gasteiger partial charge >= 0.3 is 6.18 Å². The molecule has 168 valence electrons. The van der Waals surface area contributed by atoms with Crippen LogP contribution in [0.1, 0.15) is 18.4 Å². The topological polar surface area (TPSA) is 95.8 Å². The number of anilines is 3. The number of amides is 2. The van der Waals surface area contributed by atoms with Crippen LogP contribution in [0.4, 0.5) is 35.9 Å². The molecular formula is C21H19F3N4O4. The minimum absolute atomic E-state index is 0.0941. The molecule has 32 heavy (non-hydrogen) atoms. The van der Waals surface area contributed by atoms with E-state index in [2.05, 4.69) is 5.32 Å². The minimum atomic E-state index is -4.68. The van der Waals surface area contributed by atoms with Crippen molar-refractivity contribution in [1.82, 2.24) is 0 Å². The number of rotatable bonds is 3. The molecule has 0 saturated carbocycles. The fraction of sp³-hybridized carbons (Fsp3) is 0.333. The van der Waals surface area contributed by atoms with Crippen molar-refractivity contribution >= 4 is 34.6 Å². The van der Waals surface area contributed by atoms with Gasteiger partial charge in [-0.05, 0) is 37.1 Å². The number of fused-ring (bicyclic) bond motifs is 1. The predicted octanol–water partition coefficient (Wildman–Crippen LogP) is 3.82. The molecule has 2 aliphatic rings. The van der Waals surface area contributed by atoms with Gasteiger partial charge in [0.1, 0.15) is 12.2 Å². The quantitative estimate of drug-likeness (QED) is 0.569. The molecule has 1 N–H and O–H groups in total. The van der Waals surface area contributed by atoms with Gasteiger partial charge in [-0.25, -0.2) is 0 Å². The Morgan fingerprint density at radius 3 is 2.44 bits per heavy atom. The Kier molecular flexibility index (Phi) is 5.49. The Balaban J connectivity index is 1.50. The third kappa shape index (κ3) is 4.10. The monoisotopic (exact) mass is 448 g/mol. The molecule has 11 heteroatoms. The molecule has 0 unspecified atom stereocenters. The maximum Gasteiger partial charge on any atom is 0.416 e. The van der Waals surface area contributed by atoms with E-state index in [1.807, 2.05) is 0 Å². The van der Waals surface area contributed by atoms with Gasteiger partial charge in [0.05, 0.1) is 21.9 Å². The van der Waals surface area contributed by atoms with Crippen molar-refractivity contribution < 1.29 is 27.7 Å². The van der Waals surface area contributed by atoms with Crippen molar-refractivity contribution in [3.05, 3.63) is 58.1 Å². The fourth-order valence-electron chi connectivity index (χ4n) is 4.13. The number of nitrogens with zero attached hydrogens (tertiary/aromatic N) is 3. The highest BCUT2D eigenvalue weighted by Gasteiger charge is 2.36. The standard InChI is InChI=1S/C21H19F3N4O4/c22-21(23,24)14-5-6-17(18(11-14)28(31)32)26-9-7-13(8-10-26)20(30)27-12-19(29)25-15-3-1-2-4-16(15)27/h1-6,11,13H,7-10,12H2,(H,25,29). The van der Waals surface area contributed by atoms with E-state index in [-0.39, 0.29) is 37.1 Å². The molecular weight excluding hydrogens is 429 g/mol. The molecule has 0 bridgehead atoms. The first-order chi connectivity index (χ1) is 15.1. The molecule has 0 atom stereocenters. The van der Waals surface area contributed by atoms with Gasteiger partial charge in [0.25, 0.3) is 5.69 Å². The highest BCUT2D eigenvalue weighted by Crippen LogP contribution is 2.38. The fourth-order valence-corrected chi connectivity index (χ4v) is 4.13. The van der Waals surface area contributed by atoms with Gasteiger partial charge in [-0.3, -0.25) is 19.7 Å². The number of carbonyl (C=O) groups excluding carboxylic acids is 2. The lowest BCUT2D eigenvalue weighted by Gasteiger charge is -2.36. The molecule has 0 radical (unpaired) electrons. The highest BCUT2D eigenvalue weighted by molar-refractivity contribution is 6.10. The maximum atomic E-state index is 13.1. The number of hydrogen-bond donors (Lipinski definition) is 1. The number of nitrogens with one attached hydrogen (secondary N) is 1. The second kappa shape index (κ2) is 8.13. The highest BCUT2D eigenvalue weighted by atomic mass is 19.4. The number of benzene rings is 2. The van der Waals surface area contributed by atoms with E-state index in [1.165, 1.54) is 4.90 Å². The van der Waals surface area contributed by atoms with E-state index in [0.717, 1.165) is 12.1 Å². The molecule has 8 nitrogen and oxygen atoms in total. The number of nitro groups is 1. The van der Waals surface area contributed by atoms with Crippen LogP contribution in [-0.4, -0.2) is 36.4 Å². The number of para-hydroxylation sites is 2. The van der Waals surface area contributed by atoms with Crippen molar-refractivity contribution in [3.8, 4) is 0 Å². The van der Waals surface area contributed by atoms with Crippen LogP contribution in [0.2, 0.25) is 0 Å². The maximum absolute atomic E-state index is 13.1. The Labute approximate surface area is 180 Å². The molecule has 2 aliphatic heterocycles. The first-order valence-corrected chi connectivity index (χ1v) is 9.96. The average Bonchev–Trinajstić information content (AvgIpc) is 2.77. The van der Waals surface area contributed by atoms with E-state index in [4.69, 9.17) is 0 Å². The van der Waals surface area contributed by atoms with Crippen molar-refractivity contribution in [2.24, 2.45) is 5.92 Å². The van der Waals surface area contributed by atoms with Crippen molar-refractivity contribution in [2.75, 3.05) is 34.8 Å². The van der Waals surface area contributed by atoms with Gasteiger partial charge < -0.3 is 15.1 Å². The predicted molar refractivity (Wildman–Crippen MR) is 110 cm³/mol. The SMILES string of the molecule is O=C1CN(C(=O)C2CCN(c3ccc(C(F)(F)F)cc3[N+](=O)[O-])CC2)c2ccccc2N1. The van der Waals surface area contributed by atoms with Gasteiger partial charge in [0.15, 0.2) is 0 Å². The van der Waals surface area contributed by atoms with Gasteiger partial charge in [0, 0.05) is 25.1 Å². The summed E-state index contributed by atoms with van der Waals surface area (Å²) in [4.78, 5) is 38.8. The summed E-state index contributed by atoms with van der Waals surface area (Å²) in [5.74, 6) is -0.914. The van der Waals surface area contributed by atoms with Crippen molar-refractivity contribution in [2.45, 2.75) is 19.0 Å². The van der Waals surface area contributed by atoms with Crippen molar-refractivity contribution in [3.63, 3.8) is 0 Å². The lowest BCUT2D eigenvalue weighted by Crippen LogP contribution is -2.47. The Morgan fingerprint density at radius 2 is 1.78 bits per heavy atom. The van der Waals surface area contributed by atoms with E-state index in [1.54, 1.807) is 29.2 Å². The number of carbonyl (C=O) groups is 2. The summed E-state index contributed by atoms with van der Waals surface area (Å²) in [6, 6.07) is 9.44. The van der Waals surface area contributed by atoms with Gasteiger partial charge in [-0.15, -0.1) is 0 Å². The summed E-state index contributed by atoms with van der Waals surface area (Å²) < 4.78 is 38.8. The van der Waals surface area contributed by atoms with Crippen LogP contribution in [0.15, 0.2) is 42.5 Å². The smallest absolute Gasteiger partial charge is 0.366 e. The lowest BCUT2D eigenvalue weighted by molar-refractivity contribution is -0.384. The first kappa shape index (κ1) is 21.6. The van der Waals surface area contributed by atoms with E-state index < -0.39 is 28.3 Å². The van der Waals surface area contributed by atoms with Gasteiger partial charge in [-0.2, -0.15) is 13.2 Å². The zero-order valence-electron chi connectivity index (χ0n) is 16.8. The van der Waals surface area contributed by atoms with Gasteiger partial charge in [0.2, 0.25) is 11.8 Å². The Hall–Kier alpha value is -3.63. The summed E-state index contributed by atoms with van der Waals surface area (Å²) in [7, 11) is 0. The summed E-state index contributed by atoms with van der Waals surface area (Å²) in [5, 5.41) is 14.1.